The SMILES string of the molecule is O=C(CC1CCCCC1)N(CCBr)C1CC1. The number of carbonyl (C=O) groups excluding carboxylic acids is 1. The molecule has 0 aliphatic heterocycles. The molecule has 0 heterocycles. The van der Waals surface area contributed by atoms with Crippen molar-refractivity contribution in [2.45, 2.75) is 57.4 Å². The maximum absolute atomic E-state index is 12.2. The second kappa shape index (κ2) is 6.04. The average Bonchev–Trinajstić information content (AvgIpc) is 3.11. The van der Waals surface area contributed by atoms with Gasteiger partial charge in [0.1, 0.15) is 0 Å². The molecule has 0 aromatic rings. The van der Waals surface area contributed by atoms with Gasteiger partial charge >= 0.3 is 0 Å². The van der Waals surface area contributed by atoms with Gasteiger partial charge in [0.05, 0.1) is 0 Å². The minimum absolute atomic E-state index is 0.411. The first kappa shape index (κ1) is 12.4. The van der Waals surface area contributed by atoms with E-state index in [4.69, 9.17) is 0 Å². The summed E-state index contributed by atoms with van der Waals surface area (Å²) in [5, 5.41) is 0.917. The van der Waals surface area contributed by atoms with Crippen LogP contribution in [0, 0.1) is 5.92 Å². The molecule has 2 saturated carbocycles. The van der Waals surface area contributed by atoms with Crippen molar-refractivity contribution in [3.63, 3.8) is 0 Å². The van der Waals surface area contributed by atoms with Crippen LogP contribution in [0.2, 0.25) is 0 Å². The Morgan fingerprint density at radius 3 is 2.38 bits per heavy atom. The van der Waals surface area contributed by atoms with Gasteiger partial charge in [-0.25, -0.2) is 0 Å². The van der Waals surface area contributed by atoms with Crippen molar-refractivity contribution in [1.29, 1.82) is 0 Å². The number of hydrogen-bond donors (Lipinski definition) is 0. The monoisotopic (exact) mass is 287 g/mol. The minimum Gasteiger partial charge on any atom is -0.339 e. The topological polar surface area (TPSA) is 20.3 Å². The van der Waals surface area contributed by atoms with E-state index in [0.29, 0.717) is 17.9 Å². The minimum atomic E-state index is 0.411. The fourth-order valence-electron chi connectivity index (χ4n) is 2.74. The summed E-state index contributed by atoms with van der Waals surface area (Å²) >= 11 is 3.45. The first-order chi connectivity index (χ1) is 7.81. The maximum Gasteiger partial charge on any atom is 0.223 e. The molecule has 2 nitrogen and oxygen atoms in total. The van der Waals surface area contributed by atoms with Crippen LogP contribution >= 0.6 is 15.9 Å². The first-order valence-corrected chi connectivity index (χ1v) is 7.79. The Kier molecular flexibility index (Phi) is 4.68. The van der Waals surface area contributed by atoms with E-state index in [-0.39, 0.29) is 0 Å². The molecule has 2 aliphatic rings. The highest BCUT2D eigenvalue weighted by molar-refractivity contribution is 9.09. The summed E-state index contributed by atoms with van der Waals surface area (Å²) in [7, 11) is 0. The quantitative estimate of drug-likeness (QED) is 0.710. The molecule has 0 atom stereocenters. The molecule has 0 radical (unpaired) electrons. The van der Waals surface area contributed by atoms with Crippen molar-refractivity contribution in [2.24, 2.45) is 5.92 Å². The molecule has 0 spiro atoms. The Balaban J connectivity index is 1.79. The zero-order chi connectivity index (χ0) is 11.4. The normalized spacial score (nSPS) is 22.1. The fourth-order valence-corrected chi connectivity index (χ4v) is 3.13. The predicted molar refractivity (Wildman–Crippen MR) is 69.7 cm³/mol. The number of rotatable bonds is 5. The zero-order valence-electron chi connectivity index (χ0n) is 9.96. The zero-order valence-corrected chi connectivity index (χ0v) is 11.5. The van der Waals surface area contributed by atoms with Crippen LogP contribution < -0.4 is 0 Å². The van der Waals surface area contributed by atoms with Gasteiger partial charge in [-0.2, -0.15) is 0 Å². The van der Waals surface area contributed by atoms with Gasteiger partial charge in [-0.1, -0.05) is 35.2 Å². The van der Waals surface area contributed by atoms with Crippen molar-refractivity contribution in [3.05, 3.63) is 0 Å². The Labute approximate surface area is 107 Å². The van der Waals surface area contributed by atoms with Gasteiger partial charge in [-0.15, -0.1) is 0 Å². The molecular formula is C13H22BrNO. The summed E-state index contributed by atoms with van der Waals surface area (Å²) in [6, 6.07) is 0.577. The summed E-state index contributed by atoms with van der Waals surface area (Å²) < 4.78 is 0. The second-order valence-corrected chi connectivity index (χ2v) is 6.01. The molecule has 2 fully saturated rings. The molecule has 0 aromatic carbocycles. The third-order valence-electron chi connectivity index (χ3n) is 3.82. The molecule has 0 aromatic heterocycles. The van der Waals surface area contributed by atoms with Crippen molar-refractivity contribution in [1.82, 2.24) is 4.90 Å². The molecule has 2 rings (SSSR count). The number of halogens is 1. The Morgan fingerprint density at radius 1 is 1.12 bits per heavy atom. The maximum atomic E-state index is 12.2. The Hall–Kier alpha value is -0.0500. The van der Waals surface area contributed by atoms with E-state index in [2.05, 4.69) is 20.8 Å². The van der Waals surface area contributed by atoms with E-state index in [1.165, 1.54) is 44.9 Å². The molecule has 0 saturated heterocycles. The molecule has 2 aliphatic carbocycles. The van der Waals surface area contributed by atoms with Crippen LogP contribution in [0.1, 0.15) is 51.4 Å². The summed E-state index contributed by atoms with van der Waals surface area (Å²) in [5.41, 5.74) is 0. The van der Waals surface area contributed by atoms with Gasteiger partial charge in [-0.3, -0.25) is 4.79 Å². The van der Waals surface area contributed by atoms with Crippen molar-refractivity contribution >= 4 is 21.8 Å². The highest BCUT2D eigenvalue weighted by atomic mass is 79.9. The lowest BCUT2D eigenvalue weighted by atomic mass is 9.86. The standard InChI is InChI=1S/C13H22BrNO/c14-8-9-15(12-6-7-12)13(16)10-11-4-2-1-3-5-11/h11-12H,1-10H2. The molecular weight excluding hydrogens is 266 g/mol. The van der Waals surface area contributed by atoms with Crippen LogP contribution in [0.15, 0.2) is 0 Å². The average molecular weight is 288 g/mol. The van der Waals surface area contributed by atoms with Crippen LogP contribution in [0.25, 0.3) is 0 Å². The Morgan fingerprint density at radius 2 is 1.81 bits per heavy atom. The van der Waals surface area contributed by atoms with Crippen LogP contribution in [-0.2, 0) is 4.79 Å². The van der Waals surface area contributed by atoms with Crippen molar-refractivity contribution in [3.8, 4) is 0 Å². The highest BCUT2D eigenvalue weighted by Gasteiger charge is 2.32. The van der Waals surface area contributed by atoms with Crippen LogP contribution in [0.4, 0.5) is 0 Å². The third-order valence-corrected chi connectivity index (χ3v) is 4.18. The number of amides is 1. The summed E-state index contributed by atoms with van der Waals surface area (Å²) in [6.45, 7) is 0.899. The van der Waals surface area contributed by atoms with E-state index < -0.39 is 0 Å². The number of alkyl halides is 1. The lowest BCUT2D eigenvalue weighted by Crippen LogP contribution is -2.36. The third kappa shape index (κ3) is 3.47. The lowest BCUT2D eigenvalue weighted by molar-refractivity contribution is -0.132. The van der Waals surface area contributed by atoms with Gasteiger partial charge in [0.2, 0.25) is 5.91 Å². The molecule has 92 valence electrons. The van der Waals surface area contributed by atoms with Crippen LogP contribution in [0.5, 0.6) is 0 Å². The van der Waals surface area contributed by atoms with Crippen molar-refractivity contribution < 1.29 is 4.79 Å². The largest absolute Gasteiger partial charge is 0.339 e. The van der Waals surface area contributed by atoms with E-state index in [1.54, 1.807) is 0 Å². The lowest BCUT2D eigenvalue weighted by Gasteiger charge is -2.26. The summed E-state index contributed by atoms with van der Waals surface area (Å²) in [6.07, 6.45) is 9.85. The number of hydrogen-bond acceptors (Lipinski definition) is 1. The van der Waals surface area contributed by atoms with E-state index >= 15 is 0 Å². The number of nitrogens with zero attached hydrogens (tertiary/aromatic N) is 1. The van der Waals surface area contributed by atoms with Crippen LogP contribution in [-0.4, -0.2) is 28.7 Å². The molecule has 1 amide bonds. The Bertz CT molecular complexity index is 234. The molecule has 0 unspecified atom stereocenters. The fraction of sp³-hybridized carbons (Fsp3) is 0.923. The number of carbonyl (C=O) groups is 1. The second-order valence-electron chi connectivity index (χ2n) is 5.22. The van der Waals surface area contributed by atoms with Gasteiger partial charge in [-0.05, 0) is 31.6 Å². The van der Waals surface area contributed by atoms with Crippen molar-refractivity contribution in [2.75, 3.05) is 11.9 Å². The van der Waals surface area contributed by atoms with E-state index in [0.717, 1.165) is 18.3 Å². The molecule has 0 bridgehead atoms. The van der Waals surface area contributed by atoms with E-state index in [1.807, 2.05) is 0 Å². The predicted octanol–water partition coefficient (Wildman–Crippen LogP) is 3.34. The molecule has 3 heteroatoms. The van der Waals surface area contributed by atoms with Gasteiger partial charge < -0.3 is 4.90 Å². The molecule has 0 N–H and O–H groups in total. The molecule has 16 heavy (non-hydrogen) atoms. The van der Waals surface area contributed by atoms with Crippen LogP contribution in [0.3, 0.4) is 0 Å². The smallest absolute Gasteiger partial charge is 0.223 e. The van der Waals surface area contributed by atoms with Gasteiger partial charge in [0.25, 0.3) is 0 Å². The first-order valence-electron chi connectivity index (χ1n) is 6.66. The summed E-state index contributed by atoms with van der Waals surface area (Å²) in [4.78, 5) is 14.3. The van der Waals surface area contributed by atoms with Gasteiger partial charge in [0.15, 0.2) is 0 Å². The summed E-state index contributed by atoms with van der Waals surface area (Å²) in [5.74, 6) is 1.09. The highest BCUT2D eigenvalue weighted by Crippen LogP contribution is 2.31. The van der Waals surface area contributed by atoms with Gasteiger partial charge in [0, 0.05) is 24.3 Å². The van der Waals surface area contributed by atoms with E-state index in [9.17, 15) is 4.79 Å².